The molecule has 6 heteroatoms. The molecule has 1 unspecified atom stereocenters. The molecule has 1 aliphatic rings. The van der Waals surface area contributed by atoms with Gasteiger partial charge in [-0.25, -0.2) is 0 Å². The number of aromatic nitrogens is 3. The number of halogens is 1. The highest BCUT2D eigenvalue weighted by Gasteiger charge is 2.24. The molecule has 1 saturated heterocycles. The van der Waals surface area contributed by atoms with Crippen LogP contribution in [-0.4, -0.2) is 34.4 Å². The predicted molar refractivity (Wildman–Crippen MR) is 115 cm³/mol. The molecule has 0 amide bonds. The monoisotopic (exact) mass is 413 g/mol. The first kappa shape index (κ1) is 19.5. The smallest absolute Gasteiger partial charge is 0.0865 e. The molecule has 3 aromatic heterocycles. The molecule has 0 spiro atoms. The van der Waals surface area contributed by atoms with Crippen molar-refractivity contribution in [2.75, 3.05) is 19.5 Å². The molecule has 1 N–H and O–H groups in total. The van der Waals surface area contributed by atoms with Crippen molar-refractivity contribution in [3.63, 3.8) is 0 Å². The molecular formula is C22H24ClN3OS. The number of nitrogens with one attached hydrogen (secondary N) is 1. The first-order chi connectivity index (χ1) is 13.7. The van der Waals surface area contributed by atoms with Gasteiger partial charge in [-0.05, 0) is 67.8 Å². The molecule has 4 heterocycles. The second kappa shape index (κ2) is 9.12. The maximum Gasteiger partial charge on any atom is 0.0865 e. The number of hydrogen-bond donors (Lipinski definition) is 1. The Labute approximate surface area is 175 Å². The molecule has 28 heavy (non-hydrogen) atoms. The Morgan fingerprint density at radius 1 is 1.11 bits per heavy atom. The molecule has 4 nitrogen and oxygen atoms in total. The minimum absolute atomic E-state index is 0.236. The van der Waals surface area contributed by atoms with Crippen LogP contribution in [0.4, 0.5) is 0 Å². The van der Waals surface area contributed by atoms with Gasteiger partial charge in [0.1, 0.15) is 0 Å². The lowest BCUT2D eigenvalue weighted by atomic mass is 9.85. The fourth-order valence-electron chi connectivity index (χ4n) is 3.74. The van der Waals surface area contributed by atoms with E-state index in [4.69, 9.17) is 21.3 Å². The van der Waals surface area contributed by atoms with Crippen LogP contribution in [0.15, 0.2) is 53.7 Å². The van der Waals surface area contributed by atoms with Crippen molar-refractivity contribution in [2.45, 2.75) is 30.1 Å². The van der Waals surface area contributed by atoms with E-state index in [1.165, 1.54) is 10.6 Å². The Morgan fingerprint density at radius 3 is 2.64 bits per heavy atom. The van der Waals surface area contributed by atoms with E-state index in [0.29, 0.717) is 10.9 Å². The van der Waals surface area contributed by atoms with Crippen LogP contribution in [0, 0.1) is 5.92 Å². The van der Waals surface area contributed by atoms with Crippen LogP contribution in [0.5, 0.6) is 0 Å². The fraction of sp³-hybridized carbons (Fsp3) is 0.364. The zero-order valence-electron chi connectivity index (χ0n) is 15.9. The van der Waals surface area contributed by atoms with E-state index in [-0.39, 0.29) is 5.92 Å². The number of thioether (sulfide) groups is 1. The van der Waals surface area contributed by atoms with Gasteiger partial charge < -0.3 is 9.72 Å². The second-order valence-electron chi connectivity index (χ2n) is 7.16. The lowest BCUT2D eigenvalue weighted by Gasteiger charge is -2.26. The van der Waals surface area contributed by atoms with Gasteiger partial charge in [0, 0.05) is 47.8 Å². The Hall–Kier alpha value is -1.82. The van der Waals surface area contributed by atoms with Crippen molar-refractivity contribution in [1.29, 1.82) is 0 Å². The quantitative estimate of drug-likeness (QED) is 0.519. The maximum atomic E-state index is 5.98. The first-order valence-electron chi connectivity index (χ1n) is 9.61. The summed E-state index contributed by atoms with van der Waals surface area (Å²) in [4.78, 5) is 14.0. The van der Waals surface area contributed by atoms with Crippen LogP contribution in [-0.2, 0) is 4.74 Å². The summed E-state index contributed by atoms with van der Waals surface area (Å²) >= 11 is 7.69. The number of nitrogens with zero attached hydrogens (tertiary/aromatic N) is 2. The van der Waals surface area contributed by atoms with Crippen LogP contribution in [0.2, 0.25) is 5.02 Å². The zero-order valence-corrected chi connectivity index (χ0v) is 17.5. The normalized spacial score (nSPS) is 16.2. The molecule has 0 saturated carbocycles. The highest BCUT2D eigenvalue weighted by Crippen LogP contribution is 2.34. The summed E-state index contributed by atoms with van der Waals surface area (Å²) < 4.78 is 5.55. The maximum absolute atomic E-state index is 5.98. The van der Waals surface area contributed by atoms with Gasteiger partial charge in [0.15, 0.2) is 0 Å². The van der Waals surface area contributed by atoms with E-state index in [2.05, 4.69) is 40.5 Å². The number of hydrogen-bond acceptors (Lipinski definition) is 4. The number of H-pyrrole nitrogens is 1. The van der Waals surface area contributed by atoms with Crippen molar-refractivity contribution in [3.05, 3.63) is 65.2 Å². The molecule has 1 aliphatic heterocycles. The van der Waals surface area contributed by atoms with Gasteiger partial charge in [0.2, 0.25) is 0 Å². The summed E-state index contributed by atoms with van der Waals surface area (Å²) in [5.74, 6) is 0.890. The molecule has 4 rings (SSSR count). The van der Waals surface area contributed by atoms with E-state index >= 15 is 0 Å². The zero-order chi connectivity index (χ0) is 19.3. The summed E-state index contributed by atoms with van der Waals surface area (Å²) in [6.07, 6.45) is 9.04. The first-order valence-corrected chi connectivity index (χ1v) is 11.2. The molecule has 3 aromatic rings. The van der Waals surface area contributed by atoms with E-state index in [9.17, 15) is 0 Å². The van der Waals surface area contributed by atoms with Crippen LogP contribution >= 0.6 is 23.4 Å². The third-order valence-electron chi connectivity index (χ3n) is 5.35. The standard InChI is InChI=1S/C22H24ClN3OS/c1-28-17-3-5-19(25-14-17)18(12-15-8-10-27-11-9-15)20-6-7-22(26-20)21-4-2-16(23)13-24-21/h2-7,13-15,18,26H,8-12H2,1H3. The van der Waals surface area contributed by atoms with Crippen LogP contribution in [0.25, 0.3) is 11.4 Å². The van der Waals surface area contributed by atoms with Crippen molar-refractivity contribution in [1.82, 2.24) is 15.0 Å². The van der Waals surface area contributed by atoms with Gasteiger partial charge in [-0.15, -0.1) is 11.8 Å². The predicted octanol–water partition coefficient (Wildman–Crippen LogP) is 5.80. The summed E-state index contributed by atoms with van der Waals surface area (Å²) in [5, 5.41) is 0.644. The summed E-state index contributed by atoms with van der Waals surface area (Å²) in [6, 6.07) is 12.4. The van der Waals surface area contributed by atoms with Crippen LogP contribution in [0.3, 0.4) is 0 Å². The average Bonchev–Trinajstić information content (AvgIpc) is 3.23. The van der Waals surface area contributed by atoms with Crippen LogP contribution in [0.1, 0.15) is 36.6 Å². The highest BCUT2D eigenvalue weighted by atomic mass is 35.5. The Balaban J connectivity index is 1.63. The summed E-state index contributed by atoms with van der Waals surface area (Å²) in [5.41, 5.74) is 4.19. The van der Waals surface area contributed by atoms with E-state index in [1.54, 1.807) is 18.0 Å². The second-order valence-corrected chi connectivity index (χ2v) is 8.47. The number of pyridine rings is 2. The van der Waals surface area contributed by atoms with Crippen molar-refractivity contribution >= 4 is 23.4 Å². The third kappa shape index (κ3) is 4.59. The van der Waals surface area contributed by atoms with Gasteiger partial charge in [0.25, 0.3) is 0 Å². The minimum Gasteiger partial charge on any atom is -0.381 e. The summed E-state index contributed by atoms with van der Waals surface area (Å²) in [6.45, 7) is 1.72. The third-order valence-corrected chi connectivity index (χ3v) is 6.29. The van der Waals surface area contributed by atoms with Gasteiger partial charge in [-0.2, -0.15) is 0 Å². The average molecular weight is 414 g/mol. The molecule has 146 valence electrons. The molecule has 0 aliphatic carbocycles. The van der Waals surface area contributed by atoms with E-state index < -0.39 is 0 Å². The lowest BCUT2D eigenvalue weighted by Crippen LogP contribution is -2.19. The Morgan fingerprint density at radius 2 is 1.96 bits per heavy atom. The minimum atomic E-state index is 0.236. The largest absolute Gasteiger partial charge is 0.381 e. The highest BCUT2D eigenvalue weighted by molar-refractivity contribution is 7.98. The lowest BCUT2D eigenvalue weighted by molar-refractivity contribution is 0.0625. The fourth-order valence-corrected chi connectivity index (χ4v) is 4.21. The Bertz CT molecular complexity index is 889. The topological polar surface area (TPSA) is 50.8 Å². The van der Waals surface area contributed by atoms with Gasteiger partial charge in [0.05, 0.1) is 16.4 Å². The number of aromatic amines is 1. The van der Waals surface area contributed by atoms with E-state index in [0.717, 1.165) is 49.6 Å². The van der Waals surface area contributed by atoms with Gasteiger partial charge in [-0.3, -0.25) is 9.97 Å². The molecule has 0 radical (unpaired) electrons. The van der Waals surface area contributed by atoms with Gasteiger partial charge in [-0.1, -0.05) is 11.6 Å². The van der Waals surface area contributed by atoms with Crippen molar-refractivity contribution in [3.8, 4) is 11.4 Å². The van der Waals surface area contributed by atoms with Gasteiger partial charge >= 0.3 is 0 Å². The molecular weight excluding hydrogens is 390 g/mol. The molecule has 1 fully saturated rings. The Kier molecular flexibility index (Phi) is 6.35. The van der Waals surface area contributed by atoms with Crippen molar-refractivity contribution < 1.29 is 4.74 Å². The number of ether oxygens (including phenoxy) is 1. The van der Waals surface area contributed by atoms with Crippen LogP contribution < -0.4 is 0 Å². The SMILES string of the molecule is CSc1ccc(C(CC2CCOCC2)c2ccc(-c3ccc(Cl)cn3)[nH]2)nc1. The number of rotatable bonds is 6. The van der Waals surface area contributed by atoms with Crippen molar-refractivity contribution in [2.24, 2.45) is 5.92 Å². The van der Waals surface area contributed by atoms with E-state index in [1.807, 2.05) is 18.3 Å². The summed E-state index contributed by atoms with van der Waals surface area (Å²) in [7, 11) is 0. The molecule has 0 bridgehead atoms. The molecule has 0 aromatic carbocycles. The molecule has 1 atom stereocenters.